The number of imidazole rings is 1. The minimum absolute atomic E-state index is 0.203. The second-order valence-corrected chi connectivity index (χ2v) is 6.73. The van der Waals surface area contributed by atoms with Gasteiger partial charge in [-0.25, -0.2) is 15.0 Å². The average Bonchev–Trinajstić information content (AvgIpc) is 3.35. The monoisotopic (exact) mass is 406 g/mol. The van der Waals surface area contributed by atoms with Gasteiger partial charge in [0.15, 0.2) is 11.6 Å². The molecule has 0 radical (unpaired) electrons. The van der Waals surface area contributed by atoms with E-state index in [1.807, 2.05) is 24.0 Å². The molecule has 1 fully saturated rings. The highest BCUT2D eigenvalue weighted by molar-refractivity contribution is 6.02. The van der Waals surface area contributed by atoms with Gasteiger partial charge in [0.05, 0.1) is 29.9 Å². The molecule has 3 aromatic heterocycles. The van der Waals surface area contributed by atoms with Crippen LogP contribution in [0, 0.1) is 0 Å². The van der Waals surface area contributed by atoms with Crippen molar-refractivity contribution < 1.29 is 9.53 Å². The molecule has 0 aromatic carbocycles. The number of methoxy groups -OCH3 is 1. The van der Waals surface area contributed by atoms with Crippen LogP contribution in [0.4, 0.5) is 11.6 Å². The Morgan fingerprint density at radius 3 is 2.87 bits per heavy atom. The average molecular weight is 406 g/mol. The third-order valence-electron chi connectivity index (χ3n) is 4.74. The van der Waals surface area contributed by atoms with Crippen LogP contribution < -0.4 is 10.2 Å². The molecule has 30 heavy (non-hydrogen) atoms. The Balaban J connectivity index is 1.42. The second-order valence-electron chi connectivity index (χ2n) is 6.73. The molecule has 10 nitrogen and oxygen atoms in total. The number of carbonyl (C=O) groups is 1. The lowest BCUT2D eigenvalue weighted by Gasteiger charge is -2.38. The number of hydrogen-bond donors (Lipinski definition) is 3. The van der Waals surface area contributed by atoms with E-state index in [0.29, 0.717) is 17.3 Å². The van der Waals surface area contributed by atoms with Gasteiger partial charge in [-0.3, -0.25) is 9.89 Å². The van der Waals surface area contributed by atoms with Crippen molar-refractivity contribution in [2.45, 2.75) is 13.0 Å². The maximum absolute atomic E-state index is 12.5. The SMILES string of the molecule is C=Cc1nc(-c2cc(NC(=O)c3cnc(N4CC(OC)C4)cn3)n[nH]2)[nH]c1/C=C\C. The summed E-state index contributed by atoms with van der Waals surface area (Å²) in [6, 6.07) is 1.69. The molecule has 1 aliphatic rings. The first-order chi connectivity index (χ1) is 14.6. The summed E-state index contributed by atoms with van der Waals surface area (Å²) in [5.41, 5.74) is 2.42. The van der Waals surface area contributed by atoms with Gasteiger partial charge in [-0.2, -0.15) is 5.10 Å². The van der Waals surface area contributed by atoms with Gasteiger partial charge in [-0.15, -0.1) is 0 Å². The molecule has 0 atom stereocenters. The molecule has 10 heteroatoms. The van der Waals surface area contributed by atoms with E-state index >= 15 is 0 Å². The van der Waals surface area contributed by atoms with Gasteiger partial charge >= 0.3 is 0 Å². The van der Waals surface area contributed by atoms with Crippen molar-refractivity contribution in [1.82, 2.24) is 30.1 Å². The number of aromatic amines is 2. The van der Waals surface area contributed by atoms with Crippen LogP contribution in [0.3, 0.4) is 0 Å². The maximum atomic E-state index is 12.5. The number of nitrogens with one attached hydrogen (secondary N) is 3. The number of anilines is 2. The zero-order chi connectivity index (χ0) is 21.1. The summed E-state index contributed by atoms with van der Waals surface area (Å²) in [6.07, 6.45) is 8.74. The van der Waals surface area contributed by atoms with Crippen molar-refractivity contribution in [3.05, 3.63) is 48.2 Å². The number of ether oxygens (including phenoxy) is 1. The Hall–Kier alpha value is -3.79. The van der Waals surface area contributed by atoms with Crippen LogP contribution in [0.2, 0.25) is 0 Å². The van der Waals surface area contributed by atoms with E-state index in [-0.39, 0.29) is 11.8 Å². The topological polar surface area (TPSA) is 125 Å². The highest BCUT2D eigenvalue weighted by Crippen LogP contribution is 2.21. The summed E-state index contributed by atoms with van der Waals surface area (Å²) in [5.74, 6) is 1.27. The molecule has 1 aliphatic heterocycles. The first kappa shape index (κ1) is 19.5. The quantitative estimate of drug-likeness (QED) is 0.550. The molecule has 0 unspecified atom stereocenters. The van der Waals surface area contributed by atoms with E-state index in [1.165, 1.54) is 6.20 Å². The third kappa shape index (κ3) is 3.85. The summed E-state index contributed by atoms with van der Waals surface area (Å²) < 4.78 is 5.25. The first-order valence-corrected chi connectivity index (χ1v) is 9.43. The van der Waals surface area contributed by atoms with Gasteiger partial charge < -0.3 is 19.9 Å². The lowest BCUT2D eigenvalue weighted by atomic mass is 10.2. The molecule has 0 saturated carbocycles. The molecule has 1 saturated heterocycles. The summed E-state index contributed by atoms with van der Waals surface area (Å²) in [7, 11) is 1.69. The Bertz CT molecular complexity index is 1080. The minimum atomic E-state index is -0.397. The van der Waals surface area contributed by atoms with E-state index in [4.69, 9.17) is 4.74 Å². The number of rotatable bonds is 7. The standard InChI is InChI=1S/C20H22N8O2/c1-4-6-14-13(5-2)23-19(24-14)15-7-17(27-26-15)25-20(29)16-8-22-18(9-21-16)28-10-12(11-28)30-3/h4-9,12H,2,10-11H2,1,3H3,(H,23,24)(H2,25,26,27,29)/b6-4-. The Morgan fingerprint density at radius 2 is 2.20 bits per heavy atom. The largest absolute Gasteiger partial charge is 0.378 e. The zero-order valence-electron chi connectivity index (χ0n) is 16.7. The fourth-order valence-corrected chi connectivity index (χ4v) is 3.04. The molecular weight excluding hydrogens is 384 g/mol. The van der Waals surface area contributed by atoms with Crippen LogP contribution >= 0.6 is 0 Å². The van der Waals surface area contributed by atoms with E-state index < -0.39 is 5.91 Å². The molecule has 3 aromatic rings. The van der Waals surface area contributed by atoms with Gasteiger partial charge in [-0.05, 0) is 19.1 Å². The maximum Gasteiger partial charge on any atom is 0.277 e. The van der Waals surface area contributed by atoms with Crippen LogP contribution in [0.25, 0.3) is 23.7 Å². The number of hydrogen-bond acceptors (Lipinski definition) is 7. The second kappa shape index (κ2) is 8.29. The van der Waals surface area contributed by atoms with E-state index in [1.54, 1.807) is 25.4 Å². The Morgan fingerprint density at radius 1 is 1.37 bits per heavy atom. The van der Waals surface area contributed by atoms with Crippen LogP contribution in [0.1, 0.15) is 28.8 Å². The van der Waals surface area contributed by atoms with Crippen LogP contribution in [-0.4, -0.2) is 62.3 Å². The minimum Gasteiger partial charge on any atom is -0.378 e. The summed E-state index contributed by atoms with van der Waals surface area (Å²) in [4.78, 5) is 30.7. The normalized spacial score (nSPS) is 14.1. The van der Waals surface area contributed by atoms with E-state index in [9.17, 15) is 4.79 Å². The number of H-pyrrole nitrogens is 2. The number of allylic oxidation sites excluding steroid dienone is 1. The molecule has 0 spiro atoms. The molecule has 0 bridgehead atoms. The predicted octanol–water partition coefficient (Wildman–Crippen LogP) is 2.35. The fraction of sp³-hybridized carbons (Fsp3) is 0.250. The van der Waals surface area contributed by atoms with Crippen molar-refractivity contribution in [3.8, 4) is 11.5 Å². The van der Waals surface area contributed by atoms with E-state index in [0.717, 1.165) is 30.3 Å². The third-order valence-corrected chi connectivity index (χ3v) is 4.74. The number of nitrogens with zero attached hydrogens (tertiary/aromatic N) is 5. The molecule has 4 heterocycles. The van der Waals surface area contributed by atoms with Crippen molar-refractivity contribution in [2.24, 2.45) is 0 Å². The summed E-state index contributed by atoms with van der Waals surface area (Å²) in [6.45, 7) is 7.23. The number of amides is 1. The van der Waals surface area contributed by atoms with E-state index in [2.05, 4.69) is 42.0 Å². The fourth-order valence-electron chi connectivity index (χ4n) is 3.04. The predicted molar refractivity (Wildman–Crippen MR) is 114 cm³/mol. The number of aromatic nitrogens is 6. The van der Waals surface area contributed by atoms with Gasteiger partial charge in [0.1, 0.15) is 17.2 Å². The highest BCUT2D eigenvalue weighted by Gasteiger charge is 2.27. The lowest BCUT2D eigenvalue weighted by molar-refractivity contribution is 0.0782. The number of carbonyl (C=O) groups excluding carboxylic acids is 1. The van der Waals surface area contributed by atoms with Gasteiger partial charge in [0.2, 0.25) is 0 Å². The van der Waals surface area contributed by atoms with Gasteiger partial charge in [0.25, 0.3) is 5.91 Å². The molecule has 0 aliphatic carbocycles. The molecular formula is C20H22N8O2. The lowest BCUT2D eigenvalue weighted by Crippen LogP contribution is -2.52. The molecule has 154 valence electrons. The highest BCUT2D eigenvalue weighted by atomic mass is 16.5. The van der Waals surface area contributed by atoms with Crippen LogP contribution in [-0.2, 0) is 4.74 Å². The van der Waals surface area contributed by atoms with Crippen molar-refractivity contribution >= 4 is 29.7 Å². The zero-order valence-corrected chi connectivity index (χ0v) is 16.7. The van der Waals surface area contributed by atoms with Crippen molar-refractivity contribution in [2.75, 3.05) is 30.4 Å². The summed E-state index contributed by atoms with van der Waals surface area (Å²) in [5, 5.41) is 9.70. The van der Waals surface area contributed by atoms with Gasteiger partial charge in [0, 0.05) is 26.3 Å². The Kier molecular flexibility index (Phi) is 5.40. The first-order valence-electron chi connectivity index (χ1n) is 9.43. The molecule has 3 N–H and O–H groups in total. The van der Waals surface area contributed by atoms with Crippen LogP contribution in [0.5, 0.6) is 0 Å². The van der Waals surface area contributed by atoms with Crippen LogP contribution in [0.15, 0.2) is 31.1 Å². The van der Waals surface area contributed by atoms with Crippen molar-refractivity contribution in [1.29, 1.82) is 0 Å². The Labute approximate surface area is 173 Å². The molecule has 1 amide bonds. The molecule has 4 rings (SSSR count). The van der Waals surface area contributed by atoms with Gasteiger partial charge in [-0.1, -0.05) is 12.7 Å². The smallest absolute Gasteiger partial charge is 0.277 e. The van der Waals surface area contributed by atoms with Crippen molar-refractivity contribution in [3.63, 3.8) is 0 Å². The summed E-state index contributed by atoms with van der Waals surface area (Å²) >= 11 is 0.